The number of rotatable bonds is 4. The van der Waals surface area contributed by atoms with E-state index in [1.807, 2.05) is 0 Å². The molecular formula is C17H24N4O4. The van der Waals surface area contributed by atoms with Crippen LogP contribution in [0.1, 0.15) is 36.2 Å². The molecule has 25 heavy (non-hydrogen) atoms. The third-order valence-electron chi connectivity index (χ3n) is 5.01. The second kappa shape index (κ2) is 7.23. The normalized spacial score (nSPS) is 25.4. The van der Waals surface area contributed by atoms with Gasteiger partial charge in [0.15, 0.2) is 5.79 Å². The highest BCUT2D eigenvalue weighted by Gasteiger charge is 2.40. The molecule has 3 saturated heterocycles. The predicted octanol–water partition coefficient (Wildman–Crippen LogP) is 0.729. The zero-order valence-corrected chi connectivity index (χ0v) is 14.3. The van der Waals surface area contributed by atoms with Gasteiger partial charge < -0.3 is 24.4 Å². The Labute approximate surface area is 146 Å². The molecule has 1 aromatic heterocycles. The van der Waals surface area contributed by atoms with Crippen molar-refractivity contribution < 1.29 is 19.0 Å². The SMILES string of the molecule is O=C(NCC1CCCO1)c1ccnc(N2CCC3(CC2)OCCO3)n1. The molecule has 1 N–H and O–H groups in total. The molecule has 0 radical (unpaired) electrons. The summed E-state index contributed by atoms with van der Waals surface area (Å²) >= 11 is 0. The van der Waals surface area contributed by atoms with Crippen molar-refractivity contribution in [1.82, 2.24) is 15.3 Å². The van der Waals surface area contributed by atoms with Gasteiger partial charge in [0.1, 0.15) is 5.69 Å². The van der Waals surface area contributed by atoms with Gasteiger partial charge >= 0.3 is 0 Å². The molecule has 8 nitrogen and oxygen atoms in total. The molecule has 136 valence electrons. The van der Waals surface area contributed by atoms with Crippen LogP contribution in [0.2, 0.25) is 0 Å². The van der Waals surface area contributed by atoms with Crippen LogP contribution in [0.5, 0.6) is 0 Å². The number of hydrogen-bond donors (Lipinski definition) is 1. The Morgan fingerprint density at radius 1 is 1.28 bits per heavy atom. The third kappa shape index (κ3) is 3.75. The molecule has 0 aromatic carbocycles. The Morgan fingerprint density at radius 3 is 2.80 bits per heavy atom. The first-order chi connectivity index (χ1) is 12.2. The first-order valence-corrected chi connectivity index (χ1v) is 9.00. The minimum atomic E-state index is -0.424. The van der Waals surface area contributed by atoms with Crippen LogP contribution < -0.4 is 10.2 Å². The molecule has 3 aliphatic heterocycles. The number of carbonyl (C=O) groups excluding carboxylic acids is 1. The molecule has 1 spiro atoms. The number of piperidine rings is 1. The maximum absolute atomic E-state index is 12.3. The molecule has 3 fully saturated rings. The number of carbonyl (C=O) groups is 1. The Morgan fingerprint density at radius 2 is 2.08 bits per heavy atom. The van der Waals surface area contributed by atoms with E-state index in [1.54, 1.807) is 12.3 Å². The van der Waals surface area contributed by atoms with Gasteiger partial charge in [0.2, 0.25) is 5.95 Å². The molecule has 4 rings (SSSR count). The van der Waals surface area contributed by atoms with E-state index in [0.29, 0.717) is 31.4 Å². The summed E-state index contributed by atoms with van der Waals surface area (Å²) < 4.78 is 17.0. The van der Waals surface area contributed by atoms with Gasteiger partial charge in [-0.05, 0) is 18.9 Å². The fraction of sp³-hybridized carbons (Fsp3) is 0.706. The molecule has 1 amide bonds. The van der Waals surface area contributed by atoms with Gasteiger partial charge in [0.25, 0.3) is 5.91 Å². The quantitative estimate of drug-likeness (QED) is 0.858. The van der Waals surface area contributed by atoms with E-state index in [2.05, 4.69) is 20.2 Å². The summed E-state index contributed by atoms with van der Waals surface area (Å²) in [5.74, 6) is -0.0278. The van der Waals surface area contributed by atoms with Crippen molar-refractivity contribution >= 4 is 11.9 Å². The van der Waals surface area contributed by atoms with E-state index in [-0.39, 0.29) is 12.0 Å². The number of aromatic nitrogens is 2. The lowest BCUT2D eigenvalue weighted by Gasteiger charge is -2.37. The summed E-state index contributed by atoms with van der Waals surface area (Å²) in [7, 11) is 0. The Kier molecular flexibility index (Phi) is 4.82. The molecule has 1 aromatic rings. The van der Waals surface area contributed by atoms with Crippen molar-refractivity contribution in [3.05, 3.63) is 18.0 Å². The molecule has 1 unspecified atom stereocenters. The second-order valence-electron chi connectivity index (χ2n) is 6.68. The third-order valence-corrected chi connectivity index (χ3v) is 5.01. The summed E-state index contributed by atoms with van der Waals surface area (Å²) in [5.41, 5.74) is 0.386. The Balaban J connectivity index is 1.35. The van der Waals surface area contributed by atoms with Crippen LogP contribution in [0.15, 0.2) is 12.3 Å². The fourth-order valence-corrected chi connectivity index (χ4v) is 3.56. The molecule has 0 saturated carbocycles. The number of hydrogen-bond acceptors (Lipinski definition) is 7. The van der Waals surface area contributed by atoms with E-state index in [4.69, 9.17) is 14.2 Å². The number of ether oxygens (including phenoxy) is 3. The van der Waals surface area contributed by atoms with Gasteiger partial charge in [0, 0.05) is 45.3 Å². The summed E-state index contributed by atoms with van der Waals surface area (Å²) in [6, 6.07) is 1.64. The van der Waals surface area contributed by atoms with E-state index in [0.717, 1.165) is 45.4 Å². The molecule has 0 aliphatic carbocycles. The topological polar surface area (TPSA) is 85.8 Å². The van der Waals surface area contributed by atoms with Crippen LogP contribution in [-0.4, -0.2) is 67.2 Å². The minimum absolute atomic E-state index is 0.120. The average Bonchev–Trinajstić information content (AvgIpc) is 3.33. The molecule has 8 heteroatoms. The zero-order valence-electron chi connectivity index (χ0n) is 14.3. The second-order valence-corrected chi connectivity index (χ2v) is 6.68. The molecule has 4 heterocycles. The summed E-state index contributed by atoms with van der Waals surface area (Å²) in [5, 5.41) is 2.90. The number of anilines is 1. The molecular weight excluding hydrogens is 324 g/mol. The minimum Gasteiger partial charge on any atom is -0.376 e. The monoisotopic (exact) mass is 348 g/mol. The number of nitrogens with zero attached hydrogens (tertiary/aromatic N) is 3. The van der Waals surface area contributed by atoms with Crippen molar-refractivity contribution in [2.24, 2.45) is 0 Å². The lowest BCUT2D eigenvalue weighted by atomic mass is 10.0. The summed E-state index contributed by atoms with van der Waals surface area (Å²) in [6.07, 6.45) is 5.38. The van der Waals surface area contributed by atoms with Crippen LogP contribution >= 0.6 is 0 Å². The van der Waals surface area contributed by atoms with E-state index >= 15 is 0 Å². The van der Waals surface area contributed by atoms with E-state index in [9.17, 15) is 4.79 Å². The largest absolute Gasteiger partial charge is 0.376 e. The van der Waals surface area contributed by atoms with Gasteiger partial charge in [-0.3, -0.25) is 4.79 Å². The highest BCUT2D eigenvalue weighted by Crippen LogP contribution is 2.32. The fourth-order valence-electron chi connectivity index (χ4n) is 3.56. The zero-order chi connectivity index (χ0) is 17.1. The maximum atomic E-state index is 12.3. The standard InChI is InChI=1S/C17H24N4O4/c22-15(19-12-13-2-1-9-23-13)14-3-6-18-16(20-14)21-7-4-17(5-8-21)24-10-11-25-17/h3,6,13H,1-2,4-5,7-12H2,(H,19,22). The lowest BCUT2D eigenvalue weighted by molar-refractivity contribution is -0.169. The molecule has 0 bridgehead atoms. The van der Waals surface area contributed by atoms with Crippen molar-refractivity contribution in [2.45, 2.75) is 37.6 Å². The van der Waals surface area contributed by atoms with Gasteiger partial charge in [-0.2, -0.15) is 0 Å². The first kappa shape index (κ1) is 16.7. The van der Waals surface area contributed by atoms with Gasteiger partial charge in [-0.25, -0.2) is 9.97 Å². The van der Waals surface area contributed by atoms with Crippen LogP contribution in [0, 0.1) is 0 Å². The molecule has 1 atom stereocenters. The molecule has 3 aliphatic rings. The van der Waals surface area contributed by atoms with Gasteiger partial charge in [-0.1, -0.05) is 0 Å². The predicted molar refractivity (Wildman–Crippen MR) is 89.4 cm³/mol. The van der Waals surface area contributed by atoms with Crippen molar-refractivity contribution in [1.29, 1.82) is 0 Å². The van der Waals surface area contributed by atoms with Gasteiger partial charge in [-0.15, -0.1) is 0 Å². The first-order valence-electron chi connectivity index (χ1n) is 9.00. The smallest absolute Gasteiger partial charge is 0.270 e. The number of nitrogens with one attached hydrogen (secondary N) is 1. The Bertz CT molecular complexity index is 604. The van der Waals surface area contributed by atoms with Crippen LogP contribution in [0.4, 0.5) is 5.95 Å². The highest BCUT2D eigenvalue weighted by molar-refractivity contribution is 5.92. The maximum Gasteiger partial charge on any atom is 0.270 e. The van der Waals surface area contributed by atoms with Crippen molar-refractivity contribution in [3.8, 4) is 0 Å². The summed E-state index contributed by atoms with van der Waals surface area (Å²) in [4.78, 5) is 23.2. The Hall–Kier alpha value is -1.77. The van der Waals surface area contributed by atoms with E-state index in [1.165, 1.54) is 0 Å². The average molecular weight is 348 g/mol. The van der Waals surface area contributed by atoms with Crippen molar-refractivity contribution in [2.75, 3.05) is 44.4 Å². The van der Waals surface area contributed by atoms with E-state index < -0.39 is 5.79 Å². The lowest BCUT2D eigenvalue weighted by Crippen LogP contribution is -2.45. The van der Waals surface area contributed by atoms with Gasteiger partial charge in [0.05, 0.1) is 19.3 Å². The highest BCUT2D eigenvalue weighted by atomic mass is 16.7. The van der Waals surface area contributed by atoms with Crippen LogP contribution in [0.25, 0.3) is 0 Å². The van der Waals surface area contributed by atoms with Crippen molar-refractivity contribution in [3.63, 3.8) is 0 Å². The number of amides is 1. The van der Waals surface area contributed by atoms with Crippen LogP contribution in [-0.2, 0) is 14.2 Å². The van der Waals surface area contributed by atoms with Crippen LogP contribution in [0.3, 0.4) is 0 Å². The summed E-state index contributed by atoms with van der Waals surface area (Å²) in [6.45, 7) is 4.14.